The molecular formula is C18H26N2O. The van der Waals surface area contributed by atoms with Crippen molar-refractivity contribution in [3.8, 4) is 0 Å². The van der Waals surface area contributed by atoms with E-state index in [1.807, 2.05) is 0 Å². The van der Waals surface area contributed by atoms with Gasteiger partial charge in [0.25, 0.3) is 0 Å². The molecule has 114 valence electrons. The van der Waals surface area contributed by atoms with E-state index >= 15 is 0 Å². The van der Waals surface area contributed by atoms with E-state index in [1.165, 1.54) is 29.5 Å². The van der Waals surface area contributed by atoms with Crippen molar-refractivity contribution < 1.29 is 4.79 Å². The van der Waals surface area contributed by atoms with E-state index in [0.29, 0.717) is 24.5 Å². The highest BCUT2D eigenvalue weighted by atomic mass is 16.1. The molecule has 0 aromatic heterocycles. The summed E-state index contributed by atoms with van der Waals surface area (Å²) in [5.41, 5.74) is 3.87. The predicted molar refractivity (Wildman–Crippen MR) is 85.3 cm³/mol. The molecule has 0 aliphatic carbocycles. The van der Waals surface area contributed by atoms with Crippen LogP contribution in [-0.2, 0) is 11.2 Å². The molecule has 2 unspecified atom stereocenters. The van der Waals surface area contributed by atoms with Crippen LogP contribution in [0.3, 0.4) is 0 Å². The van der Waals surface area contributed by atoms with Crippen molar-refractivity contribution in [1.82, 2.24) is 10.6 Å². The van der Waals surface area contributed by atoms with Crippen molar-refractivity contribution in [2.75, 3.05) is 0 Å². The molecule has 21 heavy (non-hydrogen) atoms. The van der Waals surface area contributed by atoms with Crippen LogP contribution in [-0.4, -0.2) is 24.0 Å². The highest BCUT2D eigenvalue weighted by molar-refractivity contribution is 5.76. The van der Waals surface area contributed by atoms with Gasteiger partial charge in [-0.2, -0.15) is 0 Å². The minimum atomic E-state index is 0.210. The summed E-state index contributed by atoms with van der Waals surface area (Å²) in [4.78, 5) is 12.2. The number of hydrogen-bond acceptors (Lipinski definition) is 2. The minimum absolute atomic E-state index is 0.210. The van der Waals surface area contributed by atoms with Gasteiger partial charge in [0.2, 0.25) is 5.91 Å². The molecular weight excluding hydrogens is 260 g/mol. The predicted octanol–water partition coefficient (Wildman–Crippen LogP) is 2.64. The SMILES string of the molecule is Cc1ccc(CCC(=O)NC2CC3CCC(C2)N3)c(C)c1. The van der Waals surface area contributed by atoms with E-state index in [1.54, 1.807) is 0 Å². The van der Waals surface area contributed by atoms with Gasteiger partial charge in [-0.05, 0) is 57.1 Å². The van der Waals surface area contributed by atoms with E-state index in [2.05, 4.69) is 42.7 Å². The number of aryl methyl sites for hydroxylation is 3. The Morgan fingerprint density at radius 3 is 2.62 bits per heavy atom. The fraction of sp³-hybridized carbons (Fsp3) is 0.611. The standard InChI is InChI=1S/C18H26N2O/c1-12-3-4-14(13(2)9-12)5-8-18(21)20-17-10-15-6-7-16(11-17)19-15/h3-4,9,15-17,19H,5-8,10-11H2,1-2H3,(H,20,21). The Bertz CT molecular complexity index is 514. The third-order valence-corrected chi connectivity index (χ3v) is 4.96. The van der Waals surface area contributed by atoms with Crippen molar-refractivity contribution in [2.24, 2.45) is 0 Å². The molecule has 1 amide bonds. The quantitative estimate of drug-likeness (QED) is 0.893. The lowest BCUT2D eigenvalue weighted by molar-refractivity contribution is -0.122. The second-order valence-corrected chi connectivity index (χ2v) is 6.80. The van der Waals surface area contributed by atoms with Crippen molar-refractivity contribution in [3.63, 3.8) is 0 Å². The number of carbonyl (C=O) groups excluding carboxylic acids is 1. The van der Waals surface area contributed by atoms with Gasteiger partial charge in [-0.15, -0.1) is 0 Å². The summed E-state index contributed by atoms with van der Waals surface area (Å²) in [6.45, 7) is 4.24. The molecule has 2 bridgehead atoms. The molecule has 1 aromatic carbocycles. The smallest absolute Gasteiger partial charge is 0.220 e. The fourth-order valence-electron chi connectivity index (χ4n) is 3.85. The molecule has 3 nitrogen and oxygen atoms in total. The largest absolute Gasteiger partial charge is 0.353 e. The van der Waals surface area contributed by atoms with Crippen molar-refractivity contribution in [3.05, 3.63) is 34.9 Å². The number of carbonyl (C=O) groups is 1. The van der Waals surface area contributed by atoms with Gasteiger partial charge < -0.3 is 10.6 Å². The molecule has 2 aliphatic rings. The molecule has 0 saturated carbocycles. The van der Waals surface area contributed by atoms with Crippen LogP contribution in [0.25, 0.3) is 0 Å². The Hall–Kier alpha value is -1.35. The Morgan fingerprint density at radius 1 is 1.24 bits per heavy atom. The Kier molecular flexibility index (Phi) is 4.29. The summed E-state index contributed by atoms with van der Waals surface area (Å²) in [5.74, 6) is 0.210. The summed E-state index contributed by atoms with van der Waals surface area (Å²) in [7, 11) is 0. The number of benzene rings is 1. The van der Waals surface area contributed by atoms with Gasteiger partial charge in [0.05, 0.1) is 0 Å². The van der Waals surface area contributed by atoms with Gasteiger partial charge in [-0.1, -0.05) is 23.8 Å². The van der Waals surface area contributed by atoms with Gasteiger partial charge in [-0.25, -0.2) is 0 Å². The first-order valence-corrected chi connectivity index (χ1v) is 8.21. The normalized spacial score (nSPS) is 27.6. The number of fused-ring (bicyclic) bond motifs is 2. The topological polar surface area (TPSA) is 41.1 Å². The summed E-state index contributed by atoms with van der Waals surface area (Å²) >= 11 is 0. The van der Waals surface area contributed by atoms with E-state index < -0.39 is 0 Å². The van der Waals surface area contributed by atoms with Gasteiger partial charge >= 0.3 is 0 Å². The lowest BCUT2D eigenvalue weighted by atomic mass is 9.98. The summed E-state index contributed by atoms with van der Waals surface area (Å²) < 4.78 is 0. The van der Waals surface area contributed by atoms with Crippen LogP contribution in [0.15, 0.2) is 18.2 Å². The molecule has 0 radical (unpaired) electrons. The van der Waals surface area contributed by atoms with Gasteiger partial charge in [-0.3, -0.25) is 4.79 Å². The molecule has 2 aliphatic heterocycles. The second-order valence-electron chi connectivity index (χ2n) is 6.80. The Balaban J connectivity index is 1.48. The molecule has 2 fully saturated rings. The maximum absolute atomic E-state index is 12.2. The number of piperidine rings is 1. The molecule has 3 rings (SSSR count). The molecule has 1 aromatic rings. The van der Waals surface area contributed by atoms with Crippen LogP contribution in [0.4, 0.5) is 0 Å². The highest BCUT2D eigenvalue weighted by Crippen LogP contribution is 2.26. The maximum Gasteiger partial charge on any atom is 0.220 e. The maximum atomic E-state index is 12.2. The number of amides is 1. The van der Waals surface area contributed by atoms with Gasteiger partial charge in [0.1, 0.15) is 0 Å². The summed E-state index contributed by atoms with van der Waals surface area (Å²) in [6, 6.07) is 8.13. The van der Waals surface area contributed by atoms with Crippen LogP contribution in [0.2, 0.25) is 0 Å². The van der Waals surface area contributed by atoms with Crippen LogP contribution < -0.4 is 10.6 Å². The van der Waals surface area contributed by atoms with Crippen molar-refractivity contribution in [2.45, 2.75) is 70.5 Å². The first-order valence-electron chi connectivity index (χ1n) is 8.21. The zero-order chi connectivity index (χ0) is 14.8. The fourth-order valence-corrected chi connectivity index (χ4v) is 3.85. The third kappa shape index (κ3) is 3.65. The molecule has 2 saturated heterocycles. The third-order valence-electron chi connectivity index (χ3n) is 4.96. The molecule has 2 heterocycles. The average Bonchev–Trinajstić information content (AvgIpc) is 2.77. The van der Waals surface area contributed by atoms with Crippen molar-refractivity contribution >= 4 is 5.91 Å². The first kappa shape index (κ1) is 14.6. The van der Waals surface area contributed by atoms with Gasteiger partial charge in [0, 0.05) is 24.5 Å². The minimum Gasteiger partial charge on any atom is -0.353 e. The summed E-state index contributed by atoms with van der Waals surface area (Å²) in [6.07, 6.45) is 6.20. The van der Waals surface area contributed by atoms with Crippen LogP contribution in [0, 0.1) is 13.8 Å². The summed E-state index contributed by atoms with van der Waals surface area (Å²) in [5, 5.41) is 6.85. The number of rotatable bonds is 4. The average molecular weight is 286 g/mol. The number of nitrogens with one attached hydrogen (secondary N) is 2. The van der Waals surface area contributed by atoms with E-state index in [4.69, 9.17) is 0 Å². The van der Waals surface area contributed by atoms with Crippen molar-refractivity contribution in [1.29, 1.82) is 0 Å². The van der Waals surface area contributed by atoms with E-state index in [-0.39, 0.29) is 5.91 Å². The Labute approximate surface area is 127 Å². The zero-order valence-electron chi connectivity index (χ0n) is 13.1. The second kappa shape index (κ2) is 6.18. The monoisotopic (exact) mass is 286 g/mol. The van der Waals surface area contributed by atoms with Crippen LogP contribution >= 0.6 is 0 Å². The van der Waals surface area contributed by atoms with E-state index in [9.17, 15) is 4.79 Å². The number of hydrogen-bond donors (Lipinski definition) is 2. The van der Waals surface area contributed by atoms with Crippen LogP contribution in [0.1, 0.15) is 48.8 Å². The molecule has 0 spiro atoms. The molecule has 2 N–H and O–H groups in total. The molecule has 3 heteroatoms. The Morgan fingerprint density at radius 2 is 1.95 bits per heavy atom. The lowest BCUT2D eigenvalue weighted by Crippen LogP contribution is -2.48. The first-order chi connectivity index (χ1) is 10.1. The lowest BCUT2D eigenvalue weighted by Gasteiger charge is -2.29. The molecule has 2 atom stereocenters. The highest BCUT2D eigenvalue weighted by Gasteiger charge is 2.33. The van der Waals surface area contributed by atoms with Gasteiger partial charge in [0.15, 0.2) is 0 Å². The zero-order valence-corrected chi connectivity index (χ0v) is 13.1. The van der Waals surface area contributed by atoms with E-state index in [0.717, 1.165) is 19.3 Å². The van der Waals surface area contributed by atoms with Crippen LogP contribution in [0.5, 0.6) is 0 Å².